The molecule has 0 aliphatic carbocycles. The first-order valence-electron chi connectivity index (χ1n) is 6.02. The van der Waals surface area contributed by atoms with Gasteiger partial charge in [-0.05, 0) is 25.1 Å². The van der Waals surface area contributed by atoms with Gasteiger partial charge in [-0.2, -0.15) is 0 Å². The molecule has 0 aliphatic rings. The van der Waals surface area contributed by atoms with Crippen LogP contribution in [0.1, 0.15) is 26.2 Å². The maximum atomic E-state index is 5.97. The van der Waals surface area contributed by atoms with Crippen molar-refractivity contribution in [2.45, 2.75) is 26.2 Å². The molecule has 0 aromatic heterocycles. The van der Waals surface area contributed by atoms with E-state index in [1.807, 2.05) is 0 Å². The molecule has 0 fully saturated rings. The van der Waals surface area contributed by atoms with Gasteiger partial charge in [0, 0.05) is 17.6 Å². The van der Waals surface area contributed by atoms with Crippen LogP contribution in [0.5, 0.6) is 5.75 Å². The molecular weight excluding hydrogens is 257 g/mol. The van der Waals surface area contributed by atoms with Crippen LogP contribution in [0.2, 0.25) is 10.0 Å². The standard InChI is InChI=1S/C13H19Cl2NO/c1-2-3-4-7-16-8-9-17-13-10-11(14)5-6-12(13)15/h5-6,10,16H,2-4,7-9H2,1H3. The fourth-order valence-electron chi connectivity index (χ4n) is 1.45. The van der Waals surface area contributed by atoms with Gasteiger partial charge in [-0.3, -0.25) is 0 Å². The number of benzene rings is 1. The van der Waals surface area contributed by atoms with Gasteiger partial charge < -0.3 is 10.1 Å². The predicted molar refractivity (Wildman–Crippen MR) is 74.4 cm³/mol. The Morgan fingerprint density at radius 1 is 1.18 bits per heavy atom. The average Bonchev–Trinajstić information content (AvgIpc) is 2.32. The van der Waals surface area contributed by atoms with E-state index in [9.17, 15) is 0 Å². The van der Waals surface area contributed by atoms with E-state index in [1.165, 1.54) is 19.3 Å². The molecule has 96 valence electrons. The number of unbranched alkanes of at least 4 members (excludes halogenated alkanes) is 2. The zero-order valence-electron chi connectivity index (χ0n) is 10.1. The molecule has 0 heterocycles. The molecule has 0 bridgehead atoms. The van der Waals surface area contributed by atoms with Crippen LogP contribution in [0.4, 0.5) is 0 Å². The molecule has 1 aromatic carbocycles. The largest absolute Gasteiger partial charge is 0.491 e. The van der Waals surface area contributed by atoms with Gasteiger partial charge in [0.25, 0.3) is 0 Å². The van der Waals surface area contributed by atoms with E-state index in [4.69, 9.17) is 27.9 Å². The highest BCUT2D eigenvalue weighted by atomic mass is 35.5. The highest BCUT2D eigenvalue weighted by Crippen LogP contribution is 2.27. The first kappa shape index (κ1) is 14.6. The summed E-state index contributed by atoms with van der Waals surface area (Å²) in [6.45, 7) is 4.67. The molecule has 0 unspecified atom stereocenters. The van der Waals surface area contributed by atoms with Crippen molar-refractivity contribution in [1.82, 2.24) is 5.32 Å². The Kier molecular flexibility index (Phi) is 7.41. The monoisotopic (exact) mass is 275 g/mol. The third kappa shape index (κ3) is 6.16. The van der Waals surface area contributed by atoms with Crippen molar-refractivity contribution in [3.8, 4) is 5.75 Å². The number of nitrogens with one attached hydrogen (secondary N) is 1. The molecule has 1 rings (SSSR count). The fraction of sp³-hybridized carbons (Fsp3) is 0.538. The van der Waals surface area contributed by atoms with E-state index in [2.05, 4.69) is 12.2 Å². The second-order valence-electron chi connectivity index (χ2n) is 3.88. The Morgan fingerprint density at radius 3 is 2.76 bits per heavy atom. The molecule has 4 heteroatoms. The number of rotatable bonds is 8. The number of halogens is 2. The van der Waals surface area contributed by atoms with E-state index >= 15 is 0 Å². The summed E-state index contributed by atoms with van der Waals surface area (Å²) in [5.41, 5.74) is 0. The Hall–Kier alpha value is -0.440. The van der Waals surface area contributed by atoms with Crippen LogP contribution in [0.3, 0.4) is 0 Å². The van der Waals surface area contributed by atoms with Crippen LogP contribution in [-0.4, -0.2) is 19.7 Å². The highest BCUT2D eigenvalue weighted by molar-refractivity contribution is 6.34. The number of ether oxygens (including phenoxy) is 1. The van der Waals surface area contributed by atoms with Crippen molar-refractivity contribution in [3.05, 3.63) is 28.2 Å². The summed E-state index contributed by atoms with van der Waals surface area (Å²) >= 11 is 11.8. The molecular formula is C13H19Cl2NO. The molecule has 0 saturated heterocycles. The molecule has 2 nitrogen and oxygen atoms in total. The minimum atomic E-state index is 0.598. The lowest BCUT2D eigenvalue weighted by Gasteiger charge is -2.09. The molecule has 1 aromatic rings. The summed E-state index contributed by atoms with van der Waals surface area (Å²) in [7, 11) is 0. The number of hydrogen-bond acceptors (Lipinski definition) is 2. The lowest BCUT2D eigenvalue weighted by Crippen LogP contribution is -2.22. The predicted octanol–water partition coefficient (Wildman–Crippen LogP) is 4.15. The normalized spacial score (nSPS) is 10.5. The first-order valence-corrected chi connectivity index (χ1v) is 6.78. The highest BCUT2D eigenvalue weighted by Gasteiger charge is 2.01. The lowest BCUT2D eigenvalue weighted by atomic mass is 10.2. The summed E-state index contributed by atoms with van der Waals surface area (Å²) in [4.78, 5) is 0. The van der Waals surface area contributed by atoms with Crippen molar-refractivity contribution >= 4 is 23.2 Å². The number of hydrogen-bond donors (Lipinski definition) is 1. The van der Waals surface area contributed by atoms with Gasteiger partial charge in [0.15, 0.2) is 0 Å². The molecule has 0 aliphatic heterocycles. The fourth-order valence-corrected chi connectivity index (χ4v) is 1.78. The van der Waals surface area contributed by atoms with E-state index in [0.29, 0.717) is 22.4 Å². The van der Waals surface area contributed by atoms with Crippen LogP contribution < -0.4 is 10.1 Å². The molecule has 0 atom stereocenters. The van der Waals surface area contributed by atoms with Crippen molar-refractivity contribution in [1.29, 1.82) is 0 Å². The van der Waals surface area contributed by atoms with Gasteiger partial charge in [0.05, 0.1) is 5.02 Å². The molecule has 0 radical (unpaired) electrons. The van der Waals surface area contributed by atoms with Crippen LogP contribution in [0.15, 0.2) is 18.2 Å². The summed E-state index contributed by atoms with van der Waals surface area (Å²) < 4.78 is 5.55. The van der Waals surface area contributed by atoms with Gasteiger partial charge in [-0.25, -0.2) is 0 Å². The second-order valence-corrected chi connectivity index (χ2v) is 4.72. The van der Waals surface area contributed by atoms with Crippen molar-refractivity contribution in [3.63, 3.8) is 0 Å². The van der Waals surface area contributed by atoms with Gasteiger partial charge in [-0.1, -0.05) is 43.0 Å². The molecule has 17 heavy (non-hydrogen) atoms. The quantitative estimate of drug-likeness (QED) is 0.720. The molecule has 0 saturated carbocycles. The summed E-state index contributed by atoms with van der Waals surface area (Å²) in [6, 6.07) is 5.23. The van der Waals surface area contributed by atoms with Gasteiger partial charge in [0.1, 0.15) is 12.4 Å². The summed E-state index contributed by atoms with van der Waals surface area (Å²) in [6.07, 6.45) is 3.73. The van der Waals surface area contributed by atoms with Crippen LogP contribution in [0.25, 0.3) is 0 Å². The second kappa shape index (κ2) is 8.62. The van der Waals surface area contributed by atoms with Crippen molar-refractivity contribution in [2.24, 2.45) is 0 Å². The molecule has 0 amide bonds. The van der Waals surface area contributed by atoms with Crippen LogP contribution in [-0.2, 0) is 0 Å². The smallest absolute Gasteiger partial charge is 0.139 e. The maximum Gasteiger partial charge on any atom is 0.139 e. The van der Waals surface area contributed by atoms with Crippen molar-refractivity contribution in [2.75, 3.05) is 19.7 Å². The van der Waals surface area contributed by atoms with E-state index in [0.717, 1.165) is 13.1 Å². The zero-order chi connectivity index (χ0) is 12.5. The maximum absolute atomic E-state index is 5.97. The van der Waals surface area contributed by atoms with Crippen LogP contribution in [0, 0.1) is 0 Å². The SMILES string of the molecule is CCCCCNCCOc1cc(Cl)ccc1Cl. The van der Waals surface area contributed by atoms with E-state index in [-0.39, 0.29) is 0 Å². The third-order valence-corrected chi connectivity index (χ3v) is 2.93. The van der Waals surface area contributed by atoms with Crippen LogP contribution >= 0.6 is 23.2 Å². The van der Waals surface area contributed by atoms with E-state index in [1.54, 1.807) is 18.2 Å². The Balaban J connectivity index is 2.15. The summed E-state index contributed by atoms with van der Waals surface area (Å²) in [5.74, 6) is 0.648. The summed E-state index contributed by atoms with van der Waals surface area (Å²) in [5, 5.41) is 4.56. The zero-order valence-corrected chi connectivity index (χ0v) is 11.7. The van der Waals surface area contributed by atoms with Gasteiger partial charge >= 0.3 is 0 Å². The molecule has 1 N–H and O–H groups in total. The minimum Gasteiger partial charge on any atom is -0.491 e. The minimum absolute atomic E-state index is 0.598. The van der Waals surface area contributed by atoms with E-state index < -0.39 is 0 Å². The Bertz CT molecular complexity index is 331. The third-order valence-electron chi connectivity index (χ3n) is 2.39. The Labute approximate surface area is 113 Å². The van der Waals surface area contributed by atoms with Gasteiger partial charge in [-0.15, -0.1) is 0 Å². The first-order chi connectivity index (χ1) is 8.24. The Morgan fingerprint density at radius 2 is 2.00 bits per heavy atom. The topological polar surface area (TPSA) is 21.3 Å². The van der Waals surface area contributed by atoms with Gasteiger partial charge in [0.2, 0.25) is 0 Å². The average molecular weight is 276 g/mol. The van der Waals surface area contributed by atoms with Crippen molar-refractivity contribution < 1.29 is 4.74 Å². The lowest BCUT2D eigenvalue weighted by molar-refractivity contribution is 0.314. The molecule has 0 spiro atoms.